The van der Waals surface area contributed by atoms with E-state index in [-0.39, 0.29) is 11.9 Å². The van der Waals surface area contributed by atoms with Crippen molar-refractivity contribution in [1.82, 2.24) is 5.32 Å². The summed E-state index contributed by atoms with van der Waals surface area (Å²) < 4.78 is 0. The molecule has 1 unspecified atom stereocenters. The van der Waals surface area contributed by atoms with Crippen LogP contribution in [0.25, 0.3) is 0 Å². The predicted molar refractivity (Wildman–Crippen MR) is 65.9 cm³/mol. The van der Waals surface area contributed by atoms with Gasteiger partial charge in [0.2, 0.25) is 5.91 Å². The molecule has 0 spiro atoms. The number of amides is 1. The molecular formula is C11H20N2OS. The second-order valence-electron chi connectivity index (χ2n) is 3.88. The lowest BCUT2D eigenvalue weighted by atomic mass is 10.0. The van der Waals surface area contributed by atoms with Crippen LogP contribution in [0.5, 0.6) is 0 Å². The van der Waals surface area contributed by atoms with Crippen molar-refractivity contribution in [2.75, 3.05) is 12.0 Å². The number of carbonyl (C=O) groups excluding carboxylic acids is 1. The molecule has 0 heterocycles. The van der Waals surface area contributed by atoms with E-state index in [2.05, 4.69) is 17.5 Å². The number of nitrogens with two attached hydrogens (primary N) is 1. The molecule has 3 N–H and O–H groups in total. The van der Waals surface area contributed by atoms with Gasteiger partial charge < -0.3 is 11.1 Å². The maximum Gasteiger partial charge on any atom is 0.237 e. The molecule has 3 nitrogen and oxygen atoms in total. The van der Waals surface area contributed by atoms with Crippen LogP contribution < -0.4 is 11.1 Å². The maximum absolute atomic E-state index is 11.6. The highest BCUT2D eigenvalue weighted by atomic mass is 32.2. The van der Waals surface area contributed by atoms with Gasteiger partial charge in [-0.1, -0.05) is 12.2 Å². The lowest BCUT2D eigenvalue weighted by Gasteiger charge is -2.21. The van der Waals surface area contributed by atoms with Gasteiger partial charge in [-0.2, -0.15) is 11.8 Å². The van der Waals surface area contributed by atoms with E-state index in [0.29, 0.717) is 6.04 Å². The number of nitrogens with one attached hydrogen (secondary N) is 1. The van der Waals surface area contributed by atoms with Crippen LogP contribution in [-0.4, -0.2) is 30.0 Å². The van der Waals surface area contributed by atoms with Crippen molar-refractivity contribution in [3.8, 4) is 0 Å². The fourth-order valence-corrected chi connectivity index (χ4v) is 2.10. The second-order valence-corrected chi connectivity index (χ2v) is 4.86. The third-order valence-corrected chi connectivity index (χ3v) is 3.23. The van der Waals surface area contributed by atoms with Gasteiger partial charge >= 0.3 is 0 Å². The van der Waals surface area contributed by atoms with Crippen LogP contribution in [0.1, 0.15) is 25.7 Å². The summed E-state index contributed by atoms with van der Waals surface area (Å²) in [6, 6.07) is -0.0498. The van der Waals surface area contributed by atoms with Crippen molar-refractivity contribution in [3.63, 3.8) is 0 Å². The Morgan fingerprint density at radius 2 is 2.47 bits per heavy atom. The Hall–Kier alpha value is -0.480. The Morgan fingerprint density at radius 3 is 3.07 bits per heavy atom. The lowest BCUT2D eigenvalue weighted by Crippen LogP contribution is -2.45. The van der Waals surface area contributed by atoms with Crippen LogP contribution in [0, 0.1) is 0 Å². The van der Waals surface area contributed by atoms with Crippen molar-refractivity contribution in [1.29, 1.82) is 0 Å². The van der Waals surface area contributed by atoms with Crippen LogP contribution in [-0.2, 0) is 4.79 Å². The van der Waals surface area contributed by atoms with Gasteiger partial charge in [-0.3, -0.25) is 4.79 Å². The molecule has 1 rings (SSSR count). The molecule has 1 amide bonds. The Balaban J connectivity index is 2.24. The summed E-state index contributed by atoms with van der Waals surface area (Å²) in [6.07, 6.45) is 10.1. The standard InChI is InChI=1S/C11H20N2OS/c1-15-8-7-10(12)11(14)13-9-5-3-2-4-6-9/h2-3,9-10H,4-8,12H2,1H3,(H,13,14)/t9?,10-/m1/s1. The summed E-state index contributed by atoms with van der Waals surface area (Å²) in [7, 11) is 0. The molecule has 0 bridgehead atoms. The molecule has 4 heteroatoms. The van der Waals surface area contributed by atoms with Crippen LogP contribution in [0.2, 0.25) is 0 Å². The van der Waals surface area contributed by atoms with Gasteiger partial charge in [0, 0.05) is 6.04 Å². The second kappa shape index (κ2) is 6.90. The summed E-state index contributed by atoms with van der Waals surface area (Å²) in [5, 5.41) is 3.00. The Bertz CT molecular complexity index is 231. The molecule has 1 aliphatic carbocycles. The van der Waals surface area contributed by atoms with E-state index in [1.54, 1.807) is 11.8 Å². The number of hydrogen-bond donors (Lipinski definition) is 2. The number of thioether (sulfide) groups is 1. The molecular weight excluding hydrogens is 208 g/mol. The molecule has 0 fully saturated rings. The van der Waals surface area contributed by atoms with Crippen molar-refractivity contribution in [2.45, 2.75) is 37.8 Å². The lowest BCUT2D eigenvalue weighted by molar-refractivity contribution is -0.123. The molecule has 86 valence electrons. The van der Waals surface area contributed by atoms with E-state index < -0.39 is 0 Å². The topological polar surface area (TPSA) is 55.1 Å². The maximum atomic E-state index is 11.6. The quantitative estimate of drug-likeness (QED) is 0.697. The van der Waals surface area contributed by atoms with Gasteiger partial charge in [0.1, 0.15) is 0 Å². The van der Waals surface area contributed by atoms with E-state index >= 15 is 0 Å². The van der Waals surface area contributed by atoms with Crippen LogP contribution in [0.3, 0.4) is 0 Å². The molecule has 15 heavy (non-hydrogen) atoms. The van der Waals surface area contributed by atoms with Gasteiger partial charge in [-0.15, -0.1) is 0 Å². The first-order chi connectivity index (χ1) is 7.24. The van der Waals surface area contributed by atoms with Crippen molar-refractivity contribution in [2.24, 2.45) is 5.73 Å². The average Bonchev–Trinajstić information content (AvgIpc) is 2.27. The minimum absolute atomic E-state index is 0.00403. The van der Waals surface area contributed by atoms with Crippen LogP contribution in [0.4, 0.5) is 0 Å². The van der Waals surface area contributed by atoms with E-state index in [9.17, 15) is 4.79 Å². The third kappa shape index (κ3) is 4.71. The minimum atomic E-state index is -0.344. The summed E-state index contributed by atoms with van der Waals surface area (Å²) >= 11 is 1.72. The molecule has 0 aromatic rings. The number of carbonyl (C=O) groups is 1. The first-order valence-electron chi connectivity index (χ1n) is 5.44. The molecule has 1 aliphatic rings. The third-order valence-electron chi connectivity index (χ3n) is 2.59. The molecule has 2 atom stereocenters. The predicted octanol–water partition coefficient (Wildman–Crippen LogP) is 1.29. The fourth-order valence-electron chi connectivity index (χ4n) is 1.61. The van der Waals surface area contributed by atoms with Crippen LogP contribution in [0.15, 0.2) is 12.2 Å². The monoisotopic (exact) mass is 228 g/mol. The molecule has 0 aliphatic heterocycles. The average molecular weight is 228 g/mol. The zero-order valence-corrected chi connectivity index (χ0v) is 10.1. The Kier molecular flexibility index (Phi) is 5.79. The van der Waals surface area contributed by atoms with Gasteiger partial charge in [0.15, 0.2) is 0 Å². The molecule has 0 saturated carbocycles. The fraction of sp³-hybridized carbons (Fsp3) is 0.727. The normalized spacial score (nSPS) is 22.4. The highest BCUT2D eigenvalue weighted by Gasteiger charge is 2.17. The van der Waals surface area contributed by atoms with Crippen molar-refractivity contribution >= 4 is 17.7 Å². The van der Waals surface area contributed by atoms with Crippen molar-refractivity contribution in [3.05, 3.63) is 12.2 Å². The molecule has 0 saturated heterocycles. The van der Waals surface area contributed by atoms with Gasteiger partial charge in [-0.25, -0.2) is 0 Å². The SMILES string of the molecule is CSCC[C@@H](N)C(=O)NC1CC=CCC1. The van der Waals surface area contributed by atoms with E-state index in [1.165, 1.54) is 0 Å². The first kappa shape index (κ1) is 12.6. The van der Waals surface area contributed by atoms with E-state index in [0.717, 1.165) is 31.4 Å². The zero-order valence-electron chi connectivity index (χ0n) is 9.24. The minimum Gasteiger partial charge on any atom is -0.352 e. The van der Waals surface area contributed by atoms with E-state index in [1.807, 2.05) is 6.26 Å². The summed E-state index contributed by atoms with van der Waals surface area (Å²) in [5.41, 5.74) is 5.78. The van der Waals surface area contributed by atoms with Gasteiger partial charge in [0.05, 0.1) is 6.04 Å². The largest absolute Gasteiger partial charge is 0.352 e. The van der Waals surface area contributed by atoms with Gasteiger partial charge in [-0.05, 0) is 37.7 Å². The molecule has 0 aromatic heterocycles. The summed E-state index contributed by atoms with van der Waals surface area (Å²) in [4.78, 5) is 11.6. The smallest absolute Gasteiger partial charge is 0.237 e. The summed E-state index contributed by atoms with van der Waals surface area (Å²) in [5.74, 6) is 0.948. The van der Waals surface area contributed by atoms with Crippen molar-refractivity contribution < 1.29 is 4.79 Å². The number of hydrogen-bond acceptors (Lipinski definition) is 3. The Morgan fingerprint density at radius 1 is 1.67 bits per heavy atom. The van der Waals surface area contributed by atoms with Gasteiger partial charge in [0.25, 0.3) is 0 Å². The first-order valence-corrected chi connectivity index (χ1v) is 6.83. The number of allylic oxidation sites excluding steroid dienone is 1. The Labute approximate surface area is 95.9 Å². The number of rotatable bonds is 5. The highest BCUT2D eigenvalue weighted by molar-refractivity contribution is 7.98. The summed E-state index contributed by atoms with van der Waals surface area (Å²) in [6.45, 7) is 0. The van der Waals surface area contributed by atoms with E-state index in [4.69, 9.17) is 5.73 Å². The highest BCUT2D eigenvalue weighted by Crippen LogP contribution is 2.10. The molecule has 0 aromatic carbocycles. The zero-order chi connectivity index (χ0) is 11.1. The molecule has 0 radical (unpaired) electrons. The van der Waals surface area contributed by atoms with Crippen LogP contribution >= 0.6 is 11.8 Å².